The molecule has 0 saturated heterocycles. The highest BCUT2D eigenvalue weighted by molar-refractivity contribution is 7.99. The van der Waals surface area contributed by atoms with Crippen molar-refractivity contribution in [3.05, 3.63) is 57.3 Å². The maximum Gasteiger partial charge on any atom is 0.249 e. The van der Waals surface area contributed by atoms with Crippen LogP contribution < -0.4 is 4.80 Å². The van der Waals surface area contributed by atoms with Crippen molar-refractivity contribution in [1.29, 1.82) is 0 Å². The van der Waals surface area contributed by atoms with Gasteiger partial charge in [0.2, 0.25) is 5.91 Å². The number of fused-ring (bicyclic) bond motifs is 1. The minimum absolute atomic E-state index is 0.101. The van der Waals surface area contributed by atoms with Gasteiger partial charge in [0.1, 0.15) is 0 Å². The number of thiazole rings is 1. The van der Waals surface area contributed by atoms with Crippen LogP contribution >= 0.6 is 34.7 Å². The molecule has 1 aromatic heterocycles. The zero-order chi connectivity index (χ0) is 18.0. The summed E-state index contributed by atoms with van der Waals surface area (Å²) in [7, 11) is 1.93. The Bertz CT molecular complexity index is 987. The lowest BCUT2D eigenvalue weighted by atomic mass is 10.2. The van der Waals surface area contributed by atoms with Crippen LogP contribution in [0.2, 0.25) is 5.02 Å². The number of rotatable bonds is 4. The molecule has 2 aromatic carbocycles. The third kappa shape index (κ3) is 4.17. The molecule has 3 nitrogen and oxygen atoms in total. The van der Waals surface area contributed by atoms with E-state index in [4.69, 9.17) is 11.6 Å². The normalized spacial score (nSPS) is 12.1. The summed E-state index contributed by atoms with van der Waals surface area (Å²) in [5.74, 6) is 0.621. The van der Waals surface area contributed by atoms with Gasteiger partial charge in [0.25, 0.3) is 0 Å². The molecule has 0 saturated carbocycles. The number of carbonyl (C=O) groups is 1. The van der Waals surface area contributed by atoms with Crippen LogP contribution in [-0.4, -0.2) is 16.2 Å². The van der Waals surface area contributed by atoms with Crippen molar-refractivity contribution in [2.45, 2.75) is 25.2 Å². The summed E-state index contributed by atoms with van der Waals surface area (Å²) < 4.78 is 2.93. The number of amides is 1. The quantitative estimate of drug-likeness (QED) is 0.579. The first-order valence-corrected chi connectivity index (χ1v) is 10.2. The van der Waals surface area contributed by atoms with Gasteiger partial charge in [-0.15, -0.1) is 11.8 Å². The number of hydrogen-bond donors (Lipinski definition) is 0. The molecule has 0 fully saturated rings. The Morgan fingerprint density at radius 3 is 2.60 bits per heavy atom. The van der Waals surface area contributed by atoms with Crippen molar-refractivity contribution < 1.29 is 4.79 Å². The van der Waals surface area contributed by atoms with Crippen LogP contribution in [0, 0.1) is 13.8 Å². The lowest BCUT2D eigenvalue weighted by Gasteiger charge is -2.01. The van der Waals surface area contributed by atoms with Gasteiger partial charge in [-0.3, -0.25) is 4.79 Å². The number of thioether (sulfide) groups is 1. The number of aromatic nitrogens is 1. The number of aryl methyl sites for hydroxylation is 3. The molecule has 0 aliphatic rings. The fourth-order valence-corrected chi connectivity index (χ4v) is 4.79. The molecule has 0 bridgehead atoms. The van der Waals surface area contributed by atoms with Crippen molar-refractivity contribution in [2.24, 2.45) is 12.0 Å². The molecule has 0 aliphatic carbocycles. The summed E-state index contributed by atoms with van der Waals surface area (Å²) in [6, 6.07) is 12.2. The van der Waals surface area contributed by atoms with Crippen LogP contribution in [0.3, 0.4) is 0 Å². The number of hydrogen-bond acceptors (Lipinski definition) is 3. The second kappa shape index (κ2) is 7.77. The summed E-state index contributed by atoms with van der Waals surface area (Å²) in [5.41, 5.74) is 3.40. The highest BCUT2D eigenvalue weighted by Gasteiger charge is 2.10. The van der Waals surface area contributed by atoms with E-state index >= 15 is 0 Å². The van der Waals surface area contributed by atoms with Gasteiger partial charge in [-0.1, -0.05) is 46.7 Å². The molecule has 1 amide bonds. The third-order valence-corrected chi connectivity index (χ3v) is 6.53. The standard InChI is InChI=1S/C19H19ClN2OS2/c1-12-4-7-14(8-5-12)24-11-10-16(23)21-19-22(3)17-13(2)6-9-15(20)18(17)25-19/h4-9H,10-11H2,1-3H3. The Kier molecular flexibility index (Phi) is 5.67. The van der Waals surface area contributed by atoms with Gasteiger partial charge >= 0.3 is 0 Å². The molecule has 0 radical (unpaired) electrons. The van der Waals surface area contributed by atoms with Gasteiger partial charge in [-0.25, -0.2) is 0 Å². The van der Waals surface area contributed by atoms with Crippen LogP contribution in [-0.2, 0) is 11.8 Å². The Hall–Kier alpha value is -1.56. The molecule has 6 heteroatoms. The first-order valence-electron chi connectivity index (χ1n) is 7.97. The molecule has 3 aromatic rings. The molecule has 0 spiro atoms. The monoisotopic (exact) mass is 390 g/mol. The van der Waals surface area contributed by atoms with Crippen LogP contribution in [0.5, 0.6) is 0 Å². The van der Waals surface area contributed by atoms with Gasteiger partial charge in [0, 0.05) is 24.1 Å². The van der Waals surface area contributed by atoms with Crippen molar-refractivity contribution in [2.75, 3.05) is 5.75 Å². The van der Waals surface area contributed by atoms with E-state index in [1.165, 1.54) is 21.8 Å². The summed E-state index contributed by atoms with van der Waals surface area (Å²) in [6.45, 7) is 4.10. The molecular weight excluding hydrogens is 372 g/mol. The van der Waals surface area contributed by atoms with Gasteiger partial charge in [-0.05, 0) is 37.6 Å². The lowest BCUT2D eigenvalue weighted by molar-refractivity contribution is -0.117. The van der Waals surface area contributed by atoms with Gasteiger partial charge in [0.05, 0.1) is 15.2 Å². The maximum absolute atomic E-state index is 12.2. The van der Waals surface area contributed by atoms with Crippen molar-refractivity contribution in [3.63, 3.8) is 0 Å². The zero-order valence-corrected chi connectivity index (χ0v) is 16.8. The predicted octanol–water partition coefficient (Wildman–Crippen LogP) is 5.12. The van der Waals surface area contributed by atoms with E-state index in [0.29, 0.717) is 16.2 Å². The molecule has 130 valence electrons. The van der Waals surface area contributed by atoms with Crippen molar-refractivity contribution in [3.8, 4) is 0 Å². The second-order valence-electron chi connectivity index (χ2n) is 5.90. The smallest absolute Gasteiger partial charge is 0.249 e. The lowest BCUT2D eigenvalue weighted by Crippen LogP contribution is -2.13. The number of halogens is 1. The van der Waals surface area contributed by atoms with Crippen LogP contribution in [0.4, 0.5) is 0 Å². The number of nitrogens with zero attached hydrogens (tertiary/aromatic N) is 2. The molecule has 0 unspecified atom stereocenters. The van der Waals surface area contributed by atoms with Crippen LogP contribution in [0.15, 0.2) is 46.3 Å². The Morgan fingerprint density at radius 2 is 1.92 bits per heavy atom. The van der Waals surface area contributed by atoms with E-state index in [0.717, 1.165) is 21.5 Å². The molecule has 3 rings (SSSR count). The van der Waals surface area contributed by atoms with E-state index in [2.05, 4.69) is 36.2 Å². The maximum atomic E-state index is 12.2. The minimum Gasteiger partial charge on any atom is -0.319 e. The number of benzene rings is 2. The Balaban J connectivity index is 1.74. The van der Waals surface area contributed by atoms with E-state index in [1.54, 1.807) is 11.8 Å². The van der Waals surface area contributed by atoms with Gasteiger partial charge in [-0.2, -0.15) is 4.99 Å². The summed E-state index contributed by atoms with van der Waals surface area (Å²) in [6.07, 6.45) is 0.416. The first-order chi connectivity index (χ1) is 12.0. The topological polar surface area (TPSA) is 34.4 Å². The summed E-state index contributed by atoms with van der Waals surface area (Å²) in [5, 5.41) is 0.699. The third-order valence-electron chi connectivity index (χ3n) is 3.93. The van der Waals surface area contributed by atoms with Crippen LogP contribution in [0.25, 0.3) is 10.2 Å². The average Bonchev–Trinajstić information content (AvgIpc) is 2.91. The molecular formula is C19H19ClN2OS2. The fraction of sp³-hybridized carbons (Fsp3) is 0.263. The fourth-order valence-electron chi connectivity index (χ4n) is 2.57. The molecule has 0 N–H and O–H groups in total. The molecule has 25 heavy (non-hydrogen) atoms. The Labute approximate surface area is 160 Å². The largest absolute Gasteiger partial charge is 0.319 e. The van der Waals surface area contributed by atoms with E-state index in [9.17, 15) is 4.79 Å². The van der Waals surface area contributed by atoms with Crippen LogP contribution in [0.1, 0.15) is 17.5 Å². The van der Waals surface area contributed by atoms with Crippen molar-refractivity contribution >= 4 is 50.8 Å². The van der Waals surface area contributed by atoms with E-state index < -0.39 is 0 Å². The Morgan fingerprint density at radius 1 is 1.20 bits per heavy atom. The zero-order valence-electron chi connectivity index (χ0n) is 14.4. The average molecular weight is 391 g/mol. The van der Waals surface area contributed by atoms with Gasteiger partial charge < -0.3 is 4.57 Å². The predicted molar refractivity (Wildman–Crippen MR) is 108 cm³/mol. The SMILES string of the molecule is Cc1ccc(SCCC(=O)N=c2sc3c(Cl)ccc(C)c3n2C)cc1. The molecule has 0 atom stereocenters. The van der Waals surface area contributed by atoms with Crippen molar-refractivity contribution in [1.82, 2.24) is 4.57 Å². The highest BCUT2D eigenvalue weighted by atomic mass is 35.5. The first kappa shape index (κ1) is 18.2. The van der Waals surface area contributed by atoms with E-state index in [-0.39, 0.29) is 5.91 Å². The highest BCUT2D eigenvalue weighted by Crippen LogP contribution is 2.28. The number of carbonyl (C=O) groups excluding carboxylic acids is 1. The summed E-state index contributed by atoms with van der Waals surface area (Å²) >= 11 is 9.42. The molecule has 1 heterocycles. The van der Waals surface area contributed by atoms with Gasteiger partial charge in [0.15, 0.2) is 4.80 Å². The minimum atomic E-state index is -0.101. The van der Waals surface area contributed by atoms with E-state index in [1.807, 2.05) is 30.7 Å². The second-order valence-corrected chi connectivity index (χ2v) is 8.46. The molecule has 0 aliphatic heterocycles. The summed E-state index contributed by atoms with van der Waals surface area (Å²) in [4.78, 5) is 18.4.